The van der Waals surface area contributed by atoms with E-state index in [4.69, 9.17) is 0 Å². The van der Waals surface area contributed by atoms with Gasteiger partial charge in [-0.3, -0.25) is 0 Å². The van der Waals surface area contributed by atoms with E-state index in [1.807, 2.05) is 18.2 Å². The Labute approximate surface area is 90.5 Å². The highest BCUT2D eigenvalue weighted by Gasteiger charge is 2.28. The first kappa shape index (κ1) is 10.5. The number of aromatic hydroxyl groups is 1. The lowest BCUT2D eigenvalue weighted by molar-refractivity contribution is 0.268. The Morgan fingerprint density at radius 1 is 1.33 bits per heavy atom. The largest absolute Gasteiger partial charge is 0.508 e. The second kappa shape index (κ2) is 3.83. The molecule has 0 bridgehead atoms. The van der Waals surface area contributed by atoms with Gasteiger partial charge in [0.05, 0.1) is 0 Å². The number of para-hydroxylation sites is 1. The van der Waals surface area contributed by atoms with Crippen LogP contribution in [0.25, 0.3) is 0 Å². The maximum absolute atomic E-state index is 9.79. The van der Waals surface area contributed by atoms with Crippen molar-refractivity contribution in [2.75, 3.05) is 13.1 Å². The van der Waals surface area contributed by atoms with Gasteiger partial charge >= 0.3 is 0 Å². The van der Waals surface area contributed by atoms with Gasteiger partial charge < -0.3 is 15.7 Å². The second-order valence-corrected chi connectivity index (χ2v) is 4.64. The molecule has 1 aliphatic heterocycles. The molecule has 1 heterocycles. The van der Waals surface area contributed by atoms with Crippen LogP contribution in [0.5, 0.6) is 5.75 Å². The highest BCUT2D eigenvalue weighted by atomic mass is 16.3. The first-order valence-electron chi connectivity index (χ1n) is 5.36. The topological polar surface area (TPSA) is 44.3 Å². The van der Waals surface area contributed by atoms with Gasteiger partial charge in [0, 0.05) is 30.2 Å². The number of phenols is 1. The molecule has 3 heteroatoms. The van der Waals surface area contributed by atoms with Gasteiger partial charge in [0.1, 0.15) is 5.75 Å². The minimum Gasteiger partial charge on any atom is -0.508 e. The molecule has 0 unspecified atom stereocenters. The average Bonchev–Trinajstić information content (AvgIpc) is 2.12. The Morgan fingerprint density at radius 2 is 2.00 bits per heavy atom. The van der Waals surface area contributed by atoms with Crippen molar-refractivity contribution in [1.29, 1.82) is 0 Å². The molecule has 0 radical (unpaired) electrons. The fourth-order valence-corrected chi connectivity index (χ4v) is 1.98. The van der Waals surface area contributed by atoms with E-state index in [0.717, 1.165) is 18.7 Å². The Kier molecular flexibility index (Phi) is 2.67. The molecule has 1 aromatic carbocycles. The molecule has 82 valence electrons. The number of rotatable bonds is 3. The monoisotopic (exact) mass is 206 g/mol. The Balaban J connectivity index is 2.16. The third-order valence-electron chi connectivity index (χ3n) is 2.92. The van der Waals surface area contributed by atoms with E-state index in [9.17, 15) is 5.11 Å². The highest BCUT2D eigenvalue weighted by molar-refractivity contribution is 5.37. The average molecular weight is 206 g/mol. The zero-order chi connectivity index (χ0) is 10.9. The summed E-state index contributed by atoms with van der Waals surface area (Å²) >= 11 is 0. The second-order valence-electron chi connectivity index (χ2n) is 4.64. The Morgan fingerprint density at radius 3 is 2.53 bits per heavy atom. The molecule has 0 spiro atoms. The molecule has 3 N–H and O–H groups in total. The Bertz CT molecular complexity index is 345. The number of phenolic OH excluding ortho intramolecular Hbond substituents is 1. The maximum atomic E-state index is 9.79. The number of hydrogen-bond donors (Lipinski definition) is 3. The van der Waals surface area contributed by atoms with Crippen LogP contribution in [0, 0.1) is 0 Å². The standard InChI is InChI=1S/C12H18N2O/c1-12(2,14-9-7-13-8-9)10-5-3-4-6-11(10)15/h3-6,9,13-15H,7-8H2,1-2H3. The minimum absolute atomic E-state index is 0.182. The summed E-state index contributed by atoms with van der Waals surface area (Å²) in [6.45, 7) is 6.22. The normalized spacial score (nSPS) is 17.5. The van der Waals surface area contributed by atoms with E-state index in [2.05, 4.69) is 24.5 Å². The summed E-state index contributed by atoms with van der Waals surface area (Å²) in [4.78, 5) is 0. The fourth-order valence-electron chi connectivity index (χ4n) is 1.98. The summed E-state index contributed by atoms with van der Waals surface area (Å²) in [7, 11) is 0. The van der Waals surface area contributed by atoms with E-state index >= 15 is 0 Å². The van der Waals surface area contributed by atoms with Gasteiger partial charge in [-0.15, -0.1) is 0 Å². The van der Waals surface area contributed by atoms with Crippen LogP contribution in [0.15, 0.2) is 24.3 Å². The van der Waals surface area contributed by atoms with E-state index in [-0.39, 0.29) is 5.54 Å². The van der Waals surface area contributed by atoms with Crippen molar-refractivity contribution in [2.24, 2.45) is 0 Å². The number of benzene rings is 1. The SMILES string of the molecule is CC(C)(NC1CNC1)c1ccccc1O. The van der Waals surface area contributed by atoms with Crippen molar-refractivity contribution >= 4 is 0 Å². The van der Waals surface area contributed by atoms with Crippen molar-refractivity contribution in [3.8, 4) is 5.75 Å². The lowest BCUT2D eigenvalue weighted by Gasteiger charge is -2.37. The zero-order valence-corrected chi connectivity index (χ0v) is 9.25. The molecule has 0 amide bonds. The van der Waals surface area contributed by atoms with E-state index in [1.165, 1.54) is 0 Å². The number of nitrogens with one attached hydrogen (secondary N) is 2. The van der Waals surface area contributed by atoms with Crippen molar-refractivity contribution in [3.05, 3.63) is 29.8 Å². The predicted molar refractivity (Wildman–Crippen MR) is 60.9 cm³/mol. The third kappa shape index (κ3) is 2.13. The van der Waals surface area contributed by atoms with Gasteiger partial charge in [-0.05, 0) is 19.9 Å². The van der Waals surface area contributed by atoms with Crippen LogP contribution in [-0.2, 0) is 5.54 Å². The van der Waals surface area contributed by atoms with Crippen molar-refractivity contribution < 1.29 is 5.11 Å². The quantitative estimate of drug-likeness (QED) is 0.696. The summed E-state index contributed by atoms with van der Waals surface area (Å²) in [5.41, 5.74) is 0.773. The summed E-state index contributed by atoms with van der Waals surface area (Å²) in [5, 5.41) is 16.5. The summed E-state index contributed by atoms with van der Waals surface area (Å²) in [5.74, 6) is 0.363. The first-order valence-corrected chi connectivity index (χ1v) is 5.36. The fraction of sp³-hybridized carbons (Fsp3) is 0.500. The summed E-state index contributed by atoms with van der Waals surface area (Å²) in [6, 6.07) is 8.02. The molecule has 2 rings (SSSR count). The first-order chi connectivity index (χ1) is 7.09. The maximum Gasteiger partial charge on any atom is 0.120 e. The number of hydrogen-bond acceptors (Lipinski definition) is 3. The molecule has 1 saturated heterocycles. The van der Waals surface area contributed by atoms with E-state index < -0.39 is 0 Å². The van der Waals surface area contributed by atoms with Gasteiger partial charge in [-0.2, -0.15) is 0 Å². The molecular weight excluding hydrogens is 188 g/mol. The van der Waals surface area contributed by atoms with Crippen LogP contribution in [0.4, 0.5) is 0 Å². The van der Waals surface area contributed by atoms with Crippen LogP contribution in [0.2, 0.25) is 0 Å². The van der Waals surface area contributed by atoms with Crippen LogP contribution < -0.4 is 10.6 Å². The van der Waals surface area contributed by atoms with Crippen molar-refractivity contribution in [3.63, 3.8) is 0 Å². The van der Waals surface area contributed by atoms with Gasteiger partial charge in [-0.1, -0.05) is 18.2 Å². The van der Waals surface area contributed by atoms with E-state index in [1.54, 1.807) is 6.07 Å². The third-order valence-corrected chi connectivity index (χ3v) is 2.92. The molecule has 1 aromatic rings. The van der Waals surface area contributed by atoms with Crippen LogP contribution in [0.1, 0.15) is 19.4 Å². The van der Waals surface area contributed by atoms with Gasteiger partial charge in [-0.25, -0.2) is 0 Å². The van der Waals surface area contributed by atoms with Crippen LogP contribution in [0.3, 0.4) is 0 Å². The molecule has 1 aliphatic rings. The van der Waals surface area contributed by atoms with E-state index in [0.29, 0.717) is 11.8 Å². The smallest absolute Gasteiger partial charge is 0.120 e. The molecule has 1 fully saturated rings. The van der Waals surface area contributed by atoms with Gasteiger partial charge in [0.2, 0.25) is 0 Å². The molecule has 15 heavy (non-hydrogen) atoms. The minimum atomic E-state index is -0.182. The van der Waals surface area contributed by atoms with Crippen molar-refractivity contribution in [1.82, 2.24) is 10.6 Å². The lowest BCUT2D eigenvalue weighted by atomic mass is 9.91. The lowest BCUT2D eigenvalue weighted by Crippen LogP contribution is -2.59. The predicted octanol–water partition coefficient (Wildman–Crippen LogP) is 1.19. The van der Waals surface area contributed by atoms with Crippen LogP contribution in [-0.4, -0.2) is 24.2 Å². The van der Waals surface area contributed by atoms with Crippen LogP contribution >= 0.6 is 0 Å². The van der Waals surface area contributed by atoms with Crippen molar-refractivity contribution in [2.45, 2.75) is 25.4 Å². The molecule has 0 atom stereocenters. The Hall–Kier alpha value is -1.06. The molecular formula is C12H18N2O. The molecule has 3 nitrogen and oxygen atoms in total. The zero-order valence-electron chi connectivity index (χ0n) is 9.25. The van der Waals surface area contributed by atoms with Gasteiger partial charge in [0.25, 0.3) is 0 Å². The summed E-state index contributed by atoms with van der Waals surface area (Å²) < 4.78 is 0. The summed E-state index contributed by atoms with van der Waals surface area (Å²) in [6.07, 6.45) is 0. The van der Waals surface area contributed by atoms with Gasteiger partial charge in [0.15, 0.2) is 0 Å². The highest BCUT2D eigenvalue weighted by Crippen LogP contribution is 2.28. The molecule has 0 aromatic heterocycles. The molecule has 0 saturated carbocycles. The molecule has 0 aliphatic carbocycles.